The van der Waals surface area contributed by atoms with Crippen LogP contribution in [0.2, 0.25) is 5.02 Å². The van der Waals surface area contributed by atoms with Crippen molar-refractivity contribution in [2.24, 2.45) is 0 Å². The van der Waals surface area contributed by atoms with Crippen LogP contribution in [0.5, 0.6) is 0 Å². The van der Waals surface area contributed by atoms with Crippen LogP contribution in [-0.2, 0) is 15.8 Å². The zero-order valence-corrected chi connectivity index (χ0v) is 14.9. The third-order valence-corrected chi connectivity index (χ3v) is 5.26. The first kappa shape index (κ1) is 18.6. The fourth-order valence-corrected chi connectivity index (χ4v) is 3.78. The van der Waals surface area contributed by atoms with E-state index in [0.717, 1.165) is 23.9 Å². The SMILES string of the molecule is CN1C(=O)C(C(=O)Nc2cccc(C(F)(F)F)c2)Sc2ccc(Cl)cc21. The van der Waals surface area contributed by atoms with Crippen LogP contribution < -0.4 is 10.2 Å². The number of fused-ring (bicyclic) bond motifs is 1. The molecule has 0 fully saturated rings. The van der Waals surface area contributed by atoms with Crippen molar-refractivity contribution in [3.8, 4) is 0 Å². The minimum Gasteiger partial charge on any atom is -0.325 e. The molecule has 26 heavy (non-hydrogen) atoms. The number of hydrogen-bond acceptors (Lipinski definition) is 3. The van der Waals surface area contributed by atoms with Gasteiger partial charge in [0.25, 0.3) is 0 Å². The summed E-state index contributed by atoms with van der Waals surface area (Å²) in [6, 6.07) is 9.20. The van der Waals surface area contributed by atoms with E-state index in [1.807, 2.05) is 0 Å². The number of benzene rings is 2. The number of nitrogens with one attached hydrogen (secondary N) is 1. The monoisotopic (exact) mass is 400 g/mol. The van der Waals surface area contributed by atoms with Crippen LogP contribution >= 0.6 is 23.4 Å². The first-order valence-electron chi connectivity index (χ1n) is 7.39. The highest BCUT2D eigenvalue weighted by atomic mass is 35.5. The van der Waals surface area contributed by atoms with Crippen molar-refractivity contribution in [2.45, 2.75) is 16.3 Å². The Labute approximate surface area is 156 Å². The van der Waals surface area contributed by atoms with E-state index in [4.69, 9.17) is 11.6 Å². The Kier molecular flexibility index (Phi) is 4.90. The summed E-state index contributed by atoms with van der Waals surface area (Å²) < 4.78 is 38.3. The third-order valence-electron chi connectivity index (χ3n) is 3.78. The Morgan fingerprint density at radius 1 is 1.23 bits per heavy atom. The molecule has 1 heterocycles. The lowest BCUT2D eigenvalue weighted by Crippen LogP contribution is -2.44. The van der Waals surface area contributed by atoms with Gasteiger partial charge >= 0.3 is 6.18 Å². The highest BCUT2D eigenvalue weighted by molar-refractivity contribution is 8.01. The van der Waals surface area contributed by atoms with Gasteiger partial charge in [0.15, 0.2) is 5.25 Å². The third kappa shape index (κ3) is 3.66. The molecule has 136 valence electrons. The van der Waals surface area contributed by atoms with Crippen molar-refractivity contribution in [3.05, 3.63) is 53.1 Å². The molecular formula is C17H12ClF3N2O2S. The summed E-state index contributed by atoms with van der Waals surface area (Å²) in [6.45, 7) is 0. The van der Waals surface area contributed by atoms with E-state index in [1.165, 1.54) is 24.1 Å². The molecule has 0 saturated heterocycles. The molecule has 0 saturated carbocycles. The molecule has 9 heteroatoms. The summed E-state index contributed by atoms with van der Waals surface area (Å²) in [5.74, 6) is -1.17. The number of carbonyl (C=O) groups excluding carboxylic acids is 2. The van der Waals surface area contributed by atoms with Crippen LogP contribution in [0.3, 0.4) is 0 Å². The van der Waals surface area contributed by atoms with Gasteiger partial charge < -0.3 is 10.2 Å². The van der Waals surface area contributed by atoms with Gasteiger partial charge in [-0.25, -0.2) is 0 Å². The fourth-order valence-electron chi connectivity index (χ4n) is 2.47. The van der Waals surface area contributed by atoms with Crippen molar-refractivity contribution in [1.82, 2.24) is 0 Å². The maximum absolute atomic E-state index is 12.8. The molecule has 2 amide bonds. The molecule has 0 spiro atoms. The van der Waals surface area contributed by atoms with Gasteiger partial charge in [-0.3, -0.25) is 9.59 Å². The number of thioether (sulfide) groups is 1. The molecule has 0 radical (unpaired) electrons. The number of nitrogens with zero attached hydrogens (tertiary/aromatic N) is 1. The van der Waals surface area contributed by atoms with Gasteiger partial charge in [-0.2, -0.15) is 13.2 Å². The van der Waals surface area contributed by atoms with E-state index in [1.54, 1.807) is 18.2 Å². The average molecular weight is 401 g/mol. The molecule has 2 aromatic rings. The number of rotatable bonds is 2. The van der Waals surface area contributed by atoms with Gasteiger partial charge in [-0.1, -0.05) is 17.7 Å². The number of anilines is 2. The van der Waals surface area contributed by atoms with Crippen LogP contribution in [0.1, 0.15) is 5.56 Å². The first-order valence-corrected chi connectivity index (χ1v) is 8.64. The zero-order chi connectivity index (χ0) is 19.1. The van der Waals surface area contributed by atoms with Gasteiger partial charge in [0, 0.05) is 22.7 Å². The number of carbonyl (C=O) groups is 2. The number of hydrogen-bond donors (Lipinski definition) is 1. The van der Waals surface area contributed by atoms with E-state index in [2.05, 4.69) is 5.32 Å². The molecule has 0 aromatic heterocycles. The summed E-state index contributed by atoms with van der Waals surface area (Å²) in [5, 5.41) is 1.73. The molecule has 0 aliphatic carbocycles. The first-order chi connectivity index (χ1) is 12.2. The van der Waals surface area contributed by atoms with E-state index < -0.39 is 28.8 Å². The molecule has 1 atom stereocenters. The Hall–Kier alpha value is -2.19. The summed E-state index contributed by atoms with van der Waals surface area (Å²) >= 11 is 6.96. The normalized spacial score (nSPS) is 17.0. The standard InChI is InChI=1S/C17H12ClF3N2O2S/c1-23-12-8-10(18)5-6-13(12)26-14(16(23)25)15(24)22-11-4-2-3-9(7-11)17(19,20)21/h2-8,14H,1H3,(H,22,24). The van der Waals surface area contributed by atoms with E-state index in [-0.39, 0.29) is 5.69 Å². The Morgan fingerprint density at radius 3 is 2.65 bits per heavy atom. The van der Waals surface area contributed by atoms with Crippen LogP contribution in [-0.4, -0.2) is 24.1 Å². The lowest BCUT2D eigenvalue weighted by Gasteiger charge is -2.30. The van der Waals surface area contributed by atoms with Crippen molar-refractivity contribution in [3.63, 3.8) is 0 Å². The van der Waals surface area contributed by atoms with E-state index in [9.17, 15) is 22.8 Å². The number of halogens is 4. The molecule has 3 rings (SSSR count). The van der Waals surface area contributed by atoms with Gasteiger partial charge in [0.05, 0.1) is 11.3 Å². The summed E-state index contributed by atoms with van der Waals surface area (Å²) in [5.41, 5.74) is -0.326. The second kappa shape index (κ2) is 6.85. The summed E-state index contributed by atoms with van der Waals surface area (Å²) in [6.07, 6.45) is -4.52. The fraction of sp³-hybridized carbons (Fsp3) is 0.176. The second-order valence-electron chi connectivity index (χ2n) is 5.58. The Bertz CT molecular complexity index is 889. The zero-order valence-electron chi connectivity index (χ0n) is 13.3. The number of alkyl halides is 3. The smallest absolute Gasteiger partial charge is 0.325 e. The topological polar surface area (TPSA) is 49.4 Å². The lowest BCUT2D eigenvalue weighted by atomic mass is 10.2. The van der Waals surface area contributed by atoms with Gasteiger partial charge in [0.2, 0.25) is 11.8 Å². The minimum atomic E-state index is -4.52. The molecule has 1 aliphatic rings. The second-order valence-corrected chi connectivity index (χ2v) is 7.16. The van der Waals surface area contributed by atoms with Crippen molar-refractivity contribution in [1.29, 1.82) is 0 Å². The van der Waals surface area contributed by atoms with E-state index >= 15 is 0 Å². The van der Waals surface area contributed by atoms with Crippen molar-refractivity contribution in [2.75, 3.05) is 17.3 Å². The molecule has 2 aromatic carbocycles. The molecule has 1 aliphatic heterocycles. The van der Waals surface area contributed by atoms with E-state index in [0.29, 0.717) is 15.6 Å². The molecule has 4 nitrogen and oxygen atoms in total. The van der Waals surface area contributed by atoms with Crippen LogP contribution in [0, 0.1) is 0 Å². The average Bonchev–Trinajstić information content (AvgIpc) is 2.58. The maximum Gasteiger partial charge on any atom is 0.416 e. The summed E-state index contributed by atoms with van der Waals surface area (Å²) in [7, 11) is 1.52. The van der Waals surface area contributed by atoms with Crippen molar-refractivity contribution >= 4 is 46.6 Å². The molecule has 0 bridgehead atoms. The van der Waals surface area contributed by atoms with Gasteiger partial charge in [-0.05, 0) is 36.4 Å². The highest BCUT2D eigenvalue weighted by Crippen LogP contribution is 2.40. The van der Waals surface area contributed by atoms with Crippen molar-refractivity contribution < 1.29 is 22.8 Å². The Balaban J connectivity index is 1.83. The largest absolute Gasteiger partial charge is 0.416 e. The van der Waals surface area contributed by atoms with Crippen LogP contribution in [0.25, 0.3) is 0 Å². The molecule has 1 unspecified atom stereocenters. The van der Waals surface area contributed by atoms with Gasteiger partial charge in [-0.15, -0.1) is 11.8 Å². The number of amides is 2. The molecular weight excluding hydrogens is 389 g/mol. The molecule has 1 N–H and O–H groups in total. The van der Waals surface area contributed by atoms with Gasteiger partial charge in [0.1, 0.15) is 0 Å². The predicted octanol–water partition coefficient (Wildman–Crippen LogP) is 4.43. The maximum atomic E-state index is 12.8. The quantitative estimate of drug-likeness (QED) is 0.758. The Morgan fingerprint density at radius 2 is 1.96 bits per heavy atom. The lowest BCUT2D eigenvalue weighted by molar-refractivity contribution is -0.137. The minimum absolute atomic E-state index is 0.0252. The van der Waals surface area contributed by atoms with Crippen LogP contribution in [0.4, 0.5) is 24.5 Å². The predicted molar refractivity (Wildman–Crippen MR) is 94.6 cm³/mol. The van der Waals surface area contributed by atoms with Crippen LogP contribution in [0.15, 0.2) is 47.4 Å². The summed E-state index contributed by atoms with van der Waals surface area (Å²) in [4.78, 5) is 26.9. The highest BCUT2D eigenvalue weighted by Gasteiger charge is 2.37.